The molecule has 0 radical (unpaired) electrons. The molecule has 2 aromatic rings. The highest BCUT2D eigenvalue weighted by Gasteiger charge is 2.38. The Balaban J connectivity index is 1.94. The third-order valence-electron chi connectivity index (χ3n) is 3.35. The molecule has 1 saturated heterocycles. The van der Waals surface area contributed by atoms with Gasteiger partial charge in [0.15, 0.2) is 4.32 Å². The molecule has 0 spiro atoms. The summed E-state index contributed by atoms with van der Waals surface area (Å²) in [6, 6.07) is 11.4. The topological polar surface area (TPSA) is 37.4 Å². The van der Waals surface area contributed by atoms with Crippen molar-refractivity contribution in [2.24, 2.45) is 0 Å². The first-order valence-corrected chi connectivity index (χ1v) is 9.26. The van der Waals surface area contributed by atoms with Gasteiger partial charge < -0.3 is 0 Å². The number of imide groups is 1. The van der Waals surface area contributed by atoms with Gasteiger partial charge in [0, 0.05) is 10.0 Å². The normalized spacial score (nSPS) is 16.0. The summed E-state index contributed by atoms with van der Waals surface area (Å²) in [4.78, 5) is 26.5. The molecule has 0 N–H and O–H groups in total. The first-order chi connectivity index (χ1) is 11.9. The van der Waals surface area contributed by atoms with Gasteiger partial charge in [0.25, 0.3) is 11.8 Å². The molecule has 1 fully saturated rings. The Bertz CT molecular complexity index is 943. The van der Waals surface area contributed by atoms with Crippen molar-refractivity contribution in [1.82, 2.24) is 4.90 Å². The van der Waals surface area contributed by atoms with Gasteiger partial charge in [-0.2, -0.15) is 0 Å². The van der Waals surface area contributed by atoms with Crippen molar-refractivity contribution >= 4 is 81.0 Å². The first kappa shape index (κ1) is 18.4. The van der Waals surface area contributed by atoms with Gasteiger partial charge in [0.05, 0.1) is 15.5 Å². The van der Waals surface area contributed by atoms with Crippen LogP contribution in [0.1, 0.15) is 15.9 Å². The fraction of sp³-hybridized carbons (Fsp3) is 0. The fourth-order valence-electron chi connectivity index (χ4n) is 2.16. The van der Waals surface area contributed by atoms with Crippen LogP contribution >= 0.6 is 58.8 Å². The summed E-state index contributed by atoms with van der Waals surface area (Å²) in [6.45, 7) is 0. The number of hydrogen-bond acceptors (Lipinski definition) is 4. The van der Waals surface area contributed by atoms with Crippen molar-refractivity contribution in [2.75, 3.05) is 0 Å². The summed E-state index contributed by atoms with van der Waals surface area (Å²) < 4.78 is 0.145. The maximum Gasteiger partial charge on any atom is 0.273 e. The highest BCUT2D eigenvalue weighted by Crippen LogP contribution is 2.35. The standard InChI is InChI=1S/C17H8Cl3NO2S2/c18-10-6-5-9(13(20)8-10)7-14-16(23)21(17(24)25-14)15(22)11-3-1-2-4-12(11)19/h1-8H. The number of amides is 2. The molecule has 1 aliphatic heterocycles. The molecule has 0 saturated carbocycles. The Morgan fingerprint density at radius 2 is 1.80 bits per heavy atom. The Kier molecular flexibility index (Phi) is 5.51. The van der Waals surface area contributed by atoms with E-state index >= 15 is 0 Å². The SMILES string of the molecule is O=C1C(=Cc2ccc(Cl)cc2Cl)SC(=S)N1C(=O)c1ccccc1Cl. The predicted molar refractivity (Wildman–Crippen MR) is 107 cm³/mol. The summed E-state index contributed by atoms with van der Waals surface area (Å²) >= 11 is 24.3. The number of thioether (sulfide) groups is 1. The van der Waals surface area contributed by atoms with Gasteiger partial charge in [-0.1, -0.05) is 77.0 Å². The third-order valence-corrected chi connectivity index (χ3v) is 5.54. The molecule has 0 bridgehead atoms. The van der Waals surface area contributed by atoms with Gasteiger partial charge in [-0.05, 0) is 35.9 Å². The monoisotopic (exact) mass is 427 g/mol. The zero-order valence-electron chi connectivity index (χ0n) is 12.3. The predicted octanol–water partition coefficient (Wildman–Crippen LogP) is 5.69. The van der Waals surface area contributed by atoms with Crippen molar-refractivity contribution in [3.8, 4) is 0 Å². The Hall–Kier alpha value is -1.37. The van der Waals surface area contributed by atoms with E-state index in [1.165, 1.54) is 0 Å². The second kappa shape index (κ2) is 7.48. The second-order valence-electron chi connectivity index (χ2n) is 4.97. The van der Waals surface area contributed by atoms with E-state index in [4.69, 9.17) is 47.0 Å². The summed E-state index contributed by atoms with van der Waals surface area (Å²) in [5.41, 5.74) is 0.822. The van der Waals surface area contributed by atoms with Crippen LogP contribution in [0.3, 0.4) is 0 Å². The lowest BCUT2D eigenvalue weighted by molar-refractivity contribution is -0.120. The van der Waals surface area contributed by atoms with Gasteiger partial charge in [-0.15, -0.1) is 0 Å². The maximum atomic E-state index is 12.6. The number of carbonyl (C=O) groups excluding carboxylic acids is 2. The van der Waals surface area contributed by atoms with Crippen LogP contribution < -0.4 is 0 Å². The highest BCUT2D eigenvalue weighted by molar-refractivity contribution is 8.26. The second-order valence-corrected chi connectivity index (χ2v) is 7.89. The minimum absolute atomic E-state index is 0.145. The first-order valence-electron chi connectivity index (χ1n) is 6.90. The summed E-state index contributed by atoms with van der Waals surface area (Å²) in [5, 5.41) is 1.14. The molecule has 0 atom stereocenters. The number of thiocarbonyl (C=S) groups is 1. The molecular weight excluding hydrogens is 421 g/mol. The van der Waals surface area contributed by atoms with Crippen molar-refractivity contribution in [3.05, 3.63) is 73.6 Å². The van der Waals surface area contributed by atoms with Crippen LogP contribution in [-0.4, -0.2) is 21.0 Å². The van der Waals surface area contributed by atoms with Gasteiger partial charge in [-0.3, -0.25) is 9.59 Å². The van der Waals surface area contributed by atoms with E-state index in [-0.39, 0.29) is 14.9 Å². The lowest BCUT2D eigenvalue weighted by Crippen LogP contribution is -2.34. The molecule has 2 amide bonds. The van der Waals surface area contributed by atoms with Gasteiger partial charge in [0.2, 0.25) is 0 Å². The Labute approximate surface area is 168 Å². The van der Waals surface area contributed by atoms with E-state index in [0.29, 0.717) is 20.5 Å². The van der Waals surface area contributed by atoms with Crippen LogP contribution in [0.2, 0.25) is 15.1 Å². The van der Waals surface area contributed by atoms with E-state index in [1.54, 1.807) is 48.5 Å². The minimum Gasteiger partial charge on any atom is -0.268 e. The van der Waals surface area contributed by atoms with Crippen molar-refractivity contribution < 1.29 is 9.59 Å². The zero-order chi connectivity index (χ0) is 18.1. The molecule has 8 heteroatoms. The van der Waals surface area contributed by atoms with Crippen LogP contribution in [0.5, 0.6) is 0 Å². The van der Waals surface area contributed by atoms with Crippen molar-refractivity contribution in [3.63, 3.8) is 0 Å². The highest BCUT2D eigenvalue weighted by atomic mass is 35.5. The largest absolute Gasteiger partial charge is 0.273 e. The molecule has 1 aliphatic rings. The molecule has 3 rings (SSSR count). The molecule has 1 heterocycles. The van der Waals surface area contributed by atoms with E-state index in [0.717, 1.165) is 16.7 Å². The Morgan fingerprint density at radius 3 is 2.48 bits per heavy atom. The van der Waals surface area contributed by atoms with Gasteiger partial charge in [0.1, 0.15) is 0 Å². The smallest absolute Gasteiger partial charge is 0.268 e. The summed E-state index contributed by atoms with van der Waals surface area (Å²) in [5.74, 6) is -1.07. The van der Waals surface area contributed by atoms with Crippen molar-refractivity contribution in [2.45, 2.75) is 0 Å². The molecule has 3 nitrogen and oxygen atoms in total. The van der Waals surface area contributed by atoms with Crippen LogP contribution in [-0.2, 0) is 4.79 Å². The Morgan fingerprint density at radius 1 is 1.08 bits per heavy atom. The fourth-order valence-corrected chi connectivity index (χ4v) is 4.08. The number of carbonyl (C=O) groups is 2. The molecule has 2 aromatic carbocycles. The van der Waals surface area contributed by atoms with Crippen LogP contribution in [0, 0.1) is 0 Å². The van der Waals surface area contributed by atoms with E-state index in [9.17, 15) is 9.59 Å². The van der Waals surface area contributed by atoms with Crippen molar-refractivity contribution in [1.29, 1.82) is 0 Å². The number of halogens is 3. The van der Waals surface area contributed by atoms with E-state index in [2.05, 4.69) is 0 Å². The van der Waals surface area contributed by atoms with E-state index < -0.39 is 11.8 Å². The third kappa shape index (κ3) is 3.76. The minimum atomic E-state index is -0.557. The van der Waals surface area contributed by atoms with Gasteiger partial charge in [-0.25, -0.2) is 4.90 Å². The molecule has 126 valence electrons. The molecule has 0 aromatic heterocycles. The lowest BCUT2D eigenvalue weighted by atomic mass is 10.2. The molecule has 25 heavy (non-hydrogen) atoms. The summed E-state index contributed by atoms with van der Waals surface area (Å²) in [7, 11) is 0. The lowest BCUT2D eigenvalue weighted by Gasteiger charge is -2.13. The van der Waals surface area contributed by atoms with Crippen LogP contribution in [0.25, 0.3) is 6.08 Å². The van der Waals surface area contributed by atoms with Crippen LogP contribution in [0.15, 0.2) is 47.4 Å². The maximum absolute atomic E-state index is 12.6. The summed E-state index contributed by atoms with van der Waals surface area (Å²) in [6.07, 6.45) is 1.58. The van der Waals surface area contributed by atoms with Gasteiger partial charge >= 0.3 is 0 Å². The van der Waals surface area contributed by atoms with E-state index in [1.807, 2.05) is 0 Å². The molecular formula is C17H8Cl3NO2S2. The molecule has 0 aliphatic carbocycles. The number of benzene rings is 2. The number of rotatable bonds is 2. The quantitative estimate of drug-likeness (QED) is 0.350. The average molecular weight is 429 g/mol. The molecule has 0 unspecified atom stereocenters. The number of nitrogens with zero attached hydrogens (tertiary/aromatic N) is 1. The zero-order valence-corrected chi connectivity index (χ0v) is 16.2. The average Bonchev–Trinajstić information content (AvgIpc) is 2.84. The van der Waals surface area contributed by atoms with Crippen LogP contribution in [0.4, 0.5) is 0 Å². The number of hydrogen-bond donors (Lipinski definition) is 0.